The molecule has 1 aromatic carbocycles. The molecule has 2 heterocycles. The highest BCUT2D eigenvalue weighted by Gasteiger charge is 2.23. The molecule has 0 radical (unpaired) electrons. The van der Waals surface area contributed by atoms with E-state index in [1.807, 2.05) is 12.1 Å². The van der Waals surface area contributed by atoms with Gasteiger partial charge in [-0.2, -0.15) is 0 Å². The van der Waals surface area contributed by atoms with Gasteiger partial charge in [0.15, 0.2) is 0 Å². The fourth-order valence-electron chi connectivity index (χ4n) is 2.98. The van der Waals surface area contributed by atoms with E-state index < -0.39 is 0 Å². The van der Waals surface area contributed by atoms with E-state index in [-0.39, 0.29) is 11.9 Å². The first-order chi connectivity index (χ1) is 11.5. The molecule has 2 aromatic rings. The number of nitrogens with two attached hydrogens (primary N) is 1. The summed E-state index contributed by atoms with van der Waals surface area (Å²) < 4.78 is 0. The highest BCUT2D eigenvalue weighted by Crippen LogP contribution is 2.21. The van der Waals surface area contributed by atoms with E-state index in [4.69, 9.17) is 5.73 Å². The molecule has 1 unspecified atom stereocenters. The topological polar surface area (TPSA) is 72.1 Å². The largest absolute Gasteiger partial charge is 0.336 e. The summed E-state index contributed by atoms with van der Waals surface area (Å²) in [5.41, 5.74) is 9.40. The number of aromatic nitrogens is 2. The molecular formula is C19H24N4O. The molecular weight excluding hydrogens is 300 g/mol. The highest BCUT2D eigenvalue weighted by molar-refractivity contribution is 5.92. The van der Waals surface area contributed by atoms with E-state index in [9.17, 15) is 4.79 Å². The van der Waals surface area contributed by atoms with Crippen molar-refractivity contribution in [3.63, 3.8) is 0 Å². The Hall–Kier alpha value is -2.27. The van der Waals surface area contributed by atoms with Gasteiger partial charge in [0, 0.05) is 24.7 Å². The molecule has 1 fully saturated rings. The molecule has 2 N–H and O–H groups in total. The summed E-state index contributed by atoms with van der Waals surface area (Å²) in [5, 5.41) is 0. The molecule has 0 bridgehead atoms. The van der Waals surface area contributed by atoms with Crippen molar-refractivity contribution in [3.8, 4) is 11.3 Å². The van der Waals surface area contributed by atoms with Gasteiger partial charge in [0.05, 0.1) is 18.1 Å². The highest BCUT2D eigenvalue weighted by atomic mass is 16.2. The molecule has 126 valence electrons. The number of hydrogen-bond acceptors (Lipinski definition) is 4. The van der Waals surface area contributed by atoms with Crippen LogP contribution in [0.4, 0.5) is 0 Å². The quantitative estimate of drug-likeness (QED) is 0.942. The number of benzene rings is 1. The molecule has 1 saturated heterocycles. The van der Waals surface area contributed by atoms with E-state index in [0.29, 0.717) is 18.2 Å². The van der Waals surface area contributed by atoms with Crippen LogP contribution in [0.15, 0.2) is 36.7 Å². The third-order valence-electron chi connectivity index (χ3n) is 4.49. The lowest BCUT2D eigenvalue weighted by atomic mass is 10.0. The summed E-state index contributed by atoms with van der Waals surface area (Å²) in [7, 11) is 0. The minimum atomic E-state index is -0.0839. The molecule has 5 nitrogen and oxygen atoms in total. The van der Waals surface area contributed by atoms with Crippen LogP contribution >= 0.6 is 0 Å². The number of carbonyl (C=O) groups is 1. The predicted octanol–water partition coefficient (Wildman–Crippen LogP) is 2.83. The molecule has 3 rings (SSSR count). The monoisotopic (exact) mass is 324 g/mol. The van der Waals surface area contributed by atoms with Crippen molar-refractivity contribution in [3.05, 3.63) is 47.9 Å². The van der Waals surface area contributed by atoms with Gasteiger partial charge < -0.3 is 10.6 Å². The first-order valence-electron chi connectivity index (χ1n) is 8.52. The average Bonchev–Trinajstić information content (AvgIpc) is 2.61. The van der Waals surface area contributed by atoms with Gasteiger partial charge in [0.2, 0.25) is 0 Å². The summed E-state index contributed by atoms with van der Waals surface area (Å²) in [4.78, 5) is 23.0. The van der Waals surface area contributed by atoms with Gasteiger partial charge >= 0.3 is 0 Å². The second-order valence-electron chi connectivity index (χ2n) is 6.72. The van der Waals surface area contributed by atoms with Gasteiger partial charge in [-0.05, 0) is 24.3 Å². The molecule has 1 amide bonds. The van der Waals surface area contributed by atoms with Crippen LogP contribution in [-0.4, -0.2) is 39.9 Å². The van der Waals surface area contributed by atoms with E-state index >= 15 is 0 Å². The Morgan fingerprint density at radius 2 is 1.96 bits per heavy atom. The van der Waals surface area contributed by atoms with Crippen molar-refractivity contribution >= 4 is 5.91 Å². The SMILES string of the molecule is CC(C)c1ccc(-c2cnc(C(=O)N3CCCC(N)C3)cn2)cc1. The second kappa shape index (κ2) is 7.09. The van der Waals surface area contributed by atoms with Crippen molar-refractivity contribution in [1.82, 2.24) is 14.9 Å². The van der Waals surface area contributed by atoms with Crippen LogP contribution in [0.25, 0.3) is 11.3 Å². The third-order valence-corrected chi connectivity index (χ3v) is 4.49. The molecule has 24 heavy (non-hydrogen) atoms. The van der Waals surface area contributed by atoms with Crippen LogP contribution < -0.4 is 5.73 Å². The fourth-order valence-corrected chi connectivity index (χ4v) is 2.98. The van der Waals surface area contributed by atoms with Crippen LogP contribution in [0.3, 0.4) is 0 Å². The summed E-state index contributed by atoms with van der Waals surface area (Å²) in [6.45, 7) is 5.68. The number of carbonyl (C=O) groups excluding carboxylic acids is 1. The molecule has 0 spiro atoms. The molecule has 0 saturated carbocycles. The number of nitrogens with zero attached hydrogens (tertiary/aromatic N) is 3. The standard InChI is InChI=1S/C19H24N4O/c1-13(2)14-5-7-15(8-6-14)17-10-22-18(11-21-17)19(24)23-9-3-4-16(20)12-23/h5-8,10-11,13,16H,3-4,9,12,20H2,1-2H3. The Kier molecular flexibility index (Phi) is 4.90. The lowest BCUT2D eigenvalue weighted by molar-refractivity contribution is 0.0702. The number of hydrogen-bond donors (Lipinski definition) is 1. The summed E-state index contributed by atoms with van der Waals surface area (Å²) in [6.07, 6.45) is 5.15. The normalized spacial score (nSPS) is 18.0. The molecule has 5 heteroatoms. The van der Waals surface area contributed by atoms with E-state index in [2.05, 4.69) is 35.9 Å². The zero-order chi connectivity index (χ0) is 17.1. The van der Waals surface area contributed by atoms with E-state index in [1.165, 1.54) is 5.56 Å². The van der Waals surface area contributed by atoms with Crippen LogP contribution in [0.2, 0.25) is 0 Å². The van der Waals surface area contributed by atoms with Crippen LogP contribution in [0.1, 0.15) is 48.7 Å². The van der Waals surface area contributed by atoms with Gasteiger partial charge in [-0.25, -0.2) is 4.98 Å². The minimum Gasteiger partial charge on any atom is -0.336 e. The lowest BCUT2D eigenvalue weighted by Gasteiger charge is -2.30. The predicted molar refractivity (Wildman–Crippen MR) is 94.7 cm³/mol. The van der Waals surface area contributed by atoms with Gasteiger partial charge in [-0.15, -0.1) is 0 Å². The zero-order valence-corrected chi connectivity index (χ0v) is 14.3. The Morgan fingerprint density at radius 3 is 2.54 bits per heavy atom. The summed E-state index contributed by atoms with van der Waals surface area (Å²) in [5.74, 6) is 0.417. The van der Waals surface area contributed by atoms with Crippen molar-refractivity contribution in [2.75, 3.05) is 13.1 Å². The maximum Gasteiger partial charge on any atom is 0.274 e. The van der Waals surface area contributed by atoms with Crippen LogP contribution in [0.5, 0.6) is 0 Å². The first kappa shape index (κ1) is 16.6. The Morgan fingerprint density at radius 1 is 1.21 bits per heavy atom. The second-order valence-corrected chi connectivity index (χ2v) is 6.72. The van der Waals surface area contributed by atoms with Crippen LogP contribution in [0, 0.1) is 0 Å². The molecule has 1 aliphatic rings. The maximum absolute atomic E-state index is 12.5. The summed E-state index contributed by atoms with van der Waals surface area (Å²) >= 11 is 0. The number of piperidine rings is 1. The van der Waals surface area contributed by atoms with Crippen molar-refractivity contribution < 1.29 is 4.79 Å². The van der Waals surface area contributed by atoms with Crippen molar-refractivity contribution in [2.45, 2.75) is 38.6 Å². The molecule has 0 aliphatic carbocycles. The van der Waals surface area contributed by atoms with Crippen molar-refractivity contribution in [2.24, 2.45) is 5.73 Å². The average molecular weight is 324 g/mol. The summed E-state index contributed by atoms with van der Waals surface area (Å²) in [6, 6.07) is 8.37. The van der Waals surface area contributed by atoms with Gasteiger partial charge in [0.1, 0.15) is 5.69 Å². The minimum absolute atomic E-state index is 0.0643. The zero-order valence-electron chi connectivity index (χ0n) is 14.3. The molecule has 1 aromatic heterocycles. The van der Waals surface area contributed by atoms with E-state index in [1.54, 1.807) is 17.3 Å². The van der Waals surface area contributed by atoms with Gasteiger partial charge in [-0.3, -0.25) is 9.78 Å². The van der Waals surface area contributed by atoms with E-state index in [0.717, 1.165) is 30.6 Å². The fraction of sp³-hybridized carbons (Fsp3) is 0.421. The van der Waals surface area contributed by atoms with Crippen molar-refractivity contribution in [1.29, 1.82) is 0 Å². The number of likely N-dealkylation sites (tertiary alicyclic amines) is 1. The first-order valence-corrected chi connectivity index (χ1v) is 8.52. The van der Waals surface area contributed by atoms with Crippen LogP contribution in [-0.2, 0) is 0 Å². The third kappa shape index (κ3) is 3.62. The number of amides is 1. The maximum atomic E-state index is 12.5. The van der Waals surface area contributed by atoms with Gasteiger partial charge in [-0.1, -0.05) is 38.1 Å². The molecule has 1 atom stereocenters. The Bertz CT molecular complexity index is 694. The molecule has 1 aliphatic heterocycles. The van der Waals surface area contributed by atoms with Gasteiger partial charge in [0.25, 0.3) is 5.91 Å². The lowest BCUT2D eigenvalue weighted by Crippen LogP contribution is -2.45. The number of rotatable bonds is 3. The smallest absolute Gasteiger partial charge is 0.274 e. The Labute approximate surface area is 142 Å². The Balaban J connectivity index is 1.74.